The number of carbonyl (C=O) groups is 4. The van der Waals surface area contributed by atoms with Gasteiger partial charge in [-0.25, -0.2) is 0 Å². The molecule has 1 N–H and O–H groups in total. The number of hydrogen-bond donors (Lipinski definition) is 1. The number of likely N-dealkylation sites (tertiary alicyclic amines) is 1. The lowest BCUT2D eigenvalue weighted by Gasteiger charge is -2.51. The standard InChI is InChI=1S/C31H28Cl2N2O5/c1-5-17-6-8-19(9-7-17)35-26(37)21-11-10-20-22(23(21)27(35)38)14-30(32)28(39)34(4)29(40)31(30,33)24(20)18-12-15(2)25(36)16(3)13-18/h5-10,12-13,21-24,36H,1,11,14H2,2-4H3/t21-,22+,23-,24-,30+,31-/m0/s1. The maximum Gasteiger partial charge on any atom is 0.253 e. The molecule has 206 valence electrons. The molecule has 2 heterocycles. The van der Waals surface area contributed by atoms with Crippen molar-refractivity contribution in [1.82, 2.24) is 4.90 Å². The third-order valence-electron chi connectivity index (χ3n) is 9.25. The number of benzene rings is 2. The zero-order chi connectivity index (χ0) is 28.9. The highest BCUT2D eigenvalue weighted by Gasteiger charge is 2.75. The number of anilines is 1. The van der Waals surface area contributed by atoms with Crippen LogP contribution in [0.15, 0.2) is 54.6 Å². The van der Waals surface area contributed by atoms with Crippen LogP contribution in [0.1, 0.15) is 41.0 Å². The lowest BCUT2D eigenvalue weighted by atomic mass is 9.56. The van der Waals surface area contributed by atoms with Crippen molar-refractivity contribution in [1.29, 1.82) is 0 Å². The summed E-state index contributed by atoms with van der Waals surface area (Å²) in [6.07, 6.45) is 3.81. The van der Waals surface area contributed by atoms with E-state index in [9.17, 15) is 24.3 Å². The number of rotatable bonds is 3. The number of aryl methyl sites for hydroxylation is 2. The largest absolute Gasteiger partial charge is 0.507 e. The minimum absolute atomic E-state index is 0.0607. The SMILES string of the molecule is C=Cc1ccc(N2C(=O)[C@H]3[C@H](CC=C4[C@H]3C[C@@]3(Cl)C(=O)N(C)C(=O)[C@@]3(Cl)[C@H]4c3cc(C)c(O)c(C)c3)C2=O)cc1. The van der Waals surface area contributed by atoms with Gasteiger partial charge in [0, 0.05) is 13.0 Å². The first-order chi connectivity index (χ1) is 18.9. The molecular formula is C31H28Cl2N2O5. The van der Waals surface area contributed by atoms with E-state index in [0.717, 1.165) is 16.0 Å². The molecule has 2 aliphatic carbocycles. The minimum atomic E-state index is -1.85. The molecule has 2 aromatic carbocycles. The Labute approximate surface area is 242 Å². The summed E-state index contributed by atoms with van der Waals surface area (Å²) in [5, 5.41) is 10.5. The van der Waals surface area contributed by atoms with Crippen LogP contribution in [0.2, 0.25) is 0 Å². The first-order valence-electron chi connectivity index (χ1n) is 13.2. The lowest BCUT2D eigenvalue weighted by Crippen LogP contribution is -2.60. The molecule has 4 aliphatic rings. The van der Waals surface area contributed by atoms with Crippen molar-refractivity contribution in [2.75, 3.05) is 11.9 Å². The summed E-state index contributed by atoms with van der Waals surface area (Å²) >= 11 is 14.4. The molecule has 0 radical (unpaired) electrons. The Balaban J connectivity index is 1.51. The van der Waals surface area contributed by atoms with Gasteiger partial charge in [-0.1, -0.05) is 48.6 Å². The van der Waals surface area contributed by atoms with Gasteiger partial charge in [-0.05, 0) is 67.0 Å². The summed E-state index contributed by atoms with van der Waals surface area (Å²) in [4.78, 5) is 53.4. The van der Waals surface area contributed by atoms with Crippen LogP contribution in [-0.4, -0.2) is 50.4 Å². The molecule has 9 heteroatoms. The van der Waals surface area contributed by atoms with Crippen LogP contribution in [0.3, 0.4) is 0 Å². The smallest absolute Gasteiger partial charge is 0.253 e. The summed E-state index contributed by atoms with van der Waals surface area (Å²) in [6, 6.07) is 10.5. The summed E-state index contributed by atoms with van der Waals surface area (Å²) < 4.78 is 0. The third-order valence-corrected chi connectivity index (χ3v) is 10.7. The quantitative estimate of drug-likeness (QED) is 0.319. The van der Waals surface area contributed by atoms with Gasteiger partial charge in [0.25, 0.3) is 11.8 Å². The molecule has 0 aromatic heterocycles. The van der Waals surface area contributed by atoms with E-state index < -0.39 is 45.2 Å². The molecule has 0 spiro atoms. The van der Waals surface area contributed by atoms with Crippen molar-refractivity contribution < 1.29 is 24.3 Å². The van der Waals surface area contributed by atoms with Crippen LogP contribution < -0.4 is 4.90 Å². The molecule has 3 fully saturated rings. The Morgan fingerprint density at radius 3 is 2.20 bits per heavy atom. The van der Waals surface area contributed by atoms with Crippen molar-refractivity contribution in [3.8, 4) is 5.75 Å². The van der Waals surface area contributed by atoms with Gasteiger partial charge in [-0.15, -0.1) is 23.2 Å². The maximum atomic E-state index is 14.0. The van der Waals surface area contributed by atoms with E-state index in [1.807, 2.05) is 6.08 Å². The van der Waals surface area contributed by atoms with Gasteiger partial charge in [0.05, 0.1) is 17.5 Å². The number of hydrogen-bond acceptors (Lipinski definition) is 5. The van der Waals surface area contributed by atoms with Crippen molar-refractivity contribution in [2.45, 2.75) is 42.4 Å². The number of fused-ring (bicyclic) bond motifs is 4. The Kier molecular flexibility index (Phi) is 5.88. The summed E-state index contributed by atoms with van der Waals surface area (Å²) in [5.74, 6) is -4.62. The van der Waals surface area contributed by atoms with E-state index in [1.54, 1.807) is 56.3 Å². The monoisotopic (exact) mass is 578 g/mol. The Morgan fingerprint density at radius 2 is 1.60 bits per heavy atom. The van der Waals surface area contributed by atoms with E-state index in [0.29, 0.717) is 22.4 Å². The number of aromatic hydroxyl groups is 1. The second-order valence-electron chi connectivity index (χ2n) is 11.3. The van der Waals surface area contributed by atoms with Crippen molar-refractivity contribution in [3.63, 3.8) is 0 Å². The Hall–Kier alpha value is -3.42. The van der Waals surface area contributed by atoms with E-state index in [-0.39, 0.29) is 30.4 Å². The fraction of sp³-hybridized carbons (Fsp3) is 0.355. The fourth-order valence-corrected chi connectivity index (χ4v) is 8.31. The number of alkyl halides is 2. The molecule has 0 unspecified atom stereocenters. The molecule has 40 heavy (non-hydrogen) atoms. The Morgan fingerprint density at radius 1 is 0.975 bits per heavy atom. The predicted octanol–water partition coefficient (Wildman–Crippen LogP) is 4.85. The highest BCUT2D eigenvalue weighted by Crippen LogP contribution is 2.65. The molecule has 1 saturated carbocycles. The minimum Gasteiger partial charge on any atom is -0.507 e. The zero-order valence-electron chi connectivity index (χ0n) is 22.3. The number of allylic oxidation sites excluding steroid dienone is 2. The summed E-state index contributed by atoms with van der Waals surface area (Å²) in [5.41, 5.74) is 3.82. The first kappa shape index (κ1) is 26.8. The van der Waals surface area contributed by atoms with E-state index in [2.05, 4.69) is 6.58 Å². The van der Waals surface area contributed by atoms with Crippen molar-refractivity contribution in [2.24, 2.45) is 17.8 Å². The maximum absolute atomic E-state index is 14.0. The molecule has 2 saturated heterocycles. The molecular weight excluding hydrogens is 551 g/mol. The Bertz CT molecular complexity index is 1540. The molecule has 6 atom stereocenters. The van der Waals surface area contributed by atoms with Crippen LogP contribution in [0.5, 0.6) is 5.75 Å². The number of halogens is 2. The topological polar surface area (TPSA) is 95.0 Å². The van der Waals surface area contributed by atoms with Crippen LogP contribution in [0.25, 0.3) is 6.08 Å². The first-order valence-corrected chi connectivity index (χ1v) is 13.9. The molecule has 6 rings (SSSR count). The van der Waals surface area contributed by atoms with Crippen LogP contribution in [0, 0.1) is 31.6 Å². The van der Waals surface area contributed by atoms with Crippen molar-refractivity contribution in [3.05, 3.63) is 76.9 Å². The number of phenolic OH excluding ortho intramolecular Hbond substituents is 1. The average Bonchev–Trinajstić information content (AvgIpc) is 3.26. The van der Waals surface area contributed by atoms with E-state index in [4.69, 9.17) is 23.2 Å². The molecule has 4 amide bonds. The van der Waals surface area contributed by atoms with Crippen LogP contribution >= 0.6 is 23.2 Å². The number of phenols is 1. The fourth-order valence-electron chi connectivity index (χ4n) is 7.29. The zero-order valence-corrected chi connectivity index (χ0v) is 23.8. The number of carbonyl (C=O) groups excluding carboxylic acids is 4. The second kappa shape index (κ2) is 8.79. The molecule has 7 nitrogen and oxygen atoms in total. The summed E-state index contributed by atoms with van der Waals surface area (Å²) in [7, 11) is 1.36. The summed E-state index contributed by atoms with van der Waals surface area (Å²) in [6.45, 7) is 7.24. The van der Waals surface area contributed by atoms with Gasteiger partial charge in [0.15, 0.2) is 9.75 Å². The van der Waals surface area contributed by atoms with Crippen LogP contribution in [-0.2, 0) is 19.2 Å². The number of amides is 4. The predicted molar refractivity (Wildman–Crippen MR) is 152 cm³/mol. The molecule has 2 aliphatic heterocycles. The van der Waals surface area contributed by atoms with Gasteiger partial charge in [-0.2, -0.15) is 0 Å². The van der Waals surface area contributed by atoms with Crippen LogP contribution in [0.4, 0.5) is 5.69 Å². The highest BCUT2D eigenvalue weighted by molar-refractivity contribution is 6.53. The van der Waals surface area contributed by atoms with Gasteiger partial charge in [-0.3, -0.25) is 29.0 Å². The third kappa shape index (κ3) is 3.25. The average molecular weight is 579 g/mol. The van der Waals surface area contributed by atoms with Gasteiger partial charge in [0.1, 0.15) is 5.75 Å². The lowest BCUT2D eigenvalue weighted by molar-refractivity contribution is -0.138. The van der Waals surface area contributed by atoms with Gasteiger partial charge < -0.3 is 5.11 Å². The number of imide groups is 2. The van der Waals surface area contributed by atoms with Gasteiger partial charge in [0.2, 0.25) is 11.8 Å². The normalized spacial score (nSPS) is 33.1. The number of nitrogens with zero attached hydrogens (tertiary/aromatic N) is 2. The second-order valence-corrected chi connectivity index (χ2v) is 12.6. The van der Waals surface area contributed by atoms with Gasteiger partial charge >= 0.3 is 0 Å². The highest BCUT2D eigenvalue weighted by atomic mass is 35.5. The van der Waals surface area contributed by atoms with E-state index in [1.165, 1.54) is 11.9 Å². The van der Waals surface area contributed by atoms with Crippen molar-refractivity contribution >= 4 is 58.6 Å². The molecule has 0 bridgehead atoms. The van der Waals surface area contributed by atoms with E-state index >= 15 is 0 Å². The molecule has 2 aromatic rings.